The Balaban J connectivity index is 1.75. The van der Waals surface area contributed by atoms with E-state index in [1.807, 2.05) is 0 Å². The van der Waals surface area contributed by atoms with Crippen LogP contribution in [-0.4, -0.2) is 34.7 Å². The topological polar surface area (TPSA) is 119 Å². The van der Waals surface area contributed by atoms with Gasteiger partial charge in [0.25, 0.3) is 11.6 Å². The molecule has 28 heavy (non-hydrogen) atoms. The van der Waals surface area contributed by atoms with E-state index in [1.165, 1.54) is 23.5 Å². The van der Waals surface area contributed by atoms with Gasteiger partial charge in [0, 0.05) is 30.1 Å². The summed E-state index contributed by atoms with van der Waals surface area (Å²) in [5.74, 6) is -0.826. The number of nitro groups is 1. The first kappa shape index (κ1) is 20.0. The molecule has 0 fully saturated rings. The number of nitrogens with zero attached hydrogens (tertiary/aromatic N) is 2. The van der Waals surface area contributed by atoms with Gasteiger partial charge in [-0.05, 0) is 30.5 Å². The van der Waals surface area contributed by atoms with E-state index in [9.17, 15) is 19.7 Å². The first-order valence-electron chi connectivity index (χ1n) is 9.09. The summed E-state index contributed by atoms with van der Waals surface area (Å²) in [4.78, 5) is 38.1. The summed E-state index contributed by atoms with van der Waals surface area (Å²) in [6.45, 7) is 4.74. The van der Waals surface area contributed by atoms with E-state index < -0.39 is 10.8 Å². The van der Waals surface area contributed by atoms with Crippen LogP contribution in [0.2, 0.25) is 0 Å². The highest BCUT2D eigenvalue weighted by Gasteiger charge is 2.27. The molecule has 0 saturated carbocycles. The summed E-state index contributed by atoms with van der Waals surface area (Å²) in [6, 6.07) is 5.83. The average Bonchev–Trinajstić information content (AvgIpc) is 2.99. The monoisotopic (exact) mass is 402 g/mol. The van der Waals surface area contributed by atoms with Crippen molar-refractivity contribution in [3.05, 3.63) is 55.9 Å². The van der Waals surface area contributed by atoms with E-state index in [2.05, 4.69) is 17.1 Å². The van der Waals surface area contributed by atoms with Crippen LogP contribution in [-0.2, 0) is 24.2 Å². The van der Waals surface area contributed by atoms with Gasteiger partial charge in [0.05, 0.1) is 16.9 Å². The lowest BCUT2D eigenvalue weighted by Gasteiger charge is -2.26. The number of fused-ring (bicyclic) bond motifs is 1. The van der Waals surface area contributed by atoms with Gasteiger partial charge in [0.1, 0.15) is 5.00 Å². The molecular formula is C19H22N4O4S. The fourth-order valence-electron chi connectivity index (χ4n) is 3.40. The highest BCUT2D eigenvalue weighted by atomic mass is 32.1. The number of thiophene rings is 1. The van der Waals surface area contributed by atoms with Crippen molar-refractivity contribution in [2.75, 3.05) is 18.4 Å². The summed E-state index contributed by atoms with van der Waals surface area (Å²) >= 11 is 1.40. The van der Waals surface area contributed by atoms with Gasteiger partial charge in [0.2, 0.25) is 5.91 Å². The van der Waals surface area contributed by atoms with Crippen molar-refractivity contribution in [3.63, 3.8) is 0 Å². The molecule has 1 aromatic heterocycles. The number of rotatable bonds is 7. The van der Waals surface area contributed by atoms with Gasteiger partial charge >= 0.3 is 0 Å². The summed E-state index contributed by atoms with van der Waals surface area (Å²) in [5, 5.41) is 14.0. The molecule has 0 bridgehead atoms. The quantitative estimate of drug-likeness (QED) is 0.545. The molecule has 0 unspecified atom stereocenters. The van der Waals surface area contributed by atoms with Crippen molar-refractivity contribution in [1.29, 1.82) is 0 Å². The Morgan fingerprint density at radius 1 is 1.32 bits per heavy atom. The Hall–Kier alpha value is -2.78. The van der Waals surface area contributed by atoms with E-state index in [0.29, 0.717) is 16.1 Å². The number of anilines is 1. The lowest BCUT2D eigenvalue weighted by Crippen LogP contribution is -2.31. The zero-order valence-corrected chi connectivity index (χ0v) is 16.4. The molecule has 0 atom stereocenters. The molecule has 0 spiro atoms. The third-order valence-corrected chi connectivity index (χ3v) is 5.82. The molecule has 2 amide bonds. The summed E-state index contributed by atoms with van der Waals surface area (Å²) in [7, 11) is 0. The molecule has 3 N–H and O–H groups in total. The smallest absolute Gasteiger partial charge is 0.269 e. The molecular weight excluding hydrogens is 380 g/mol. The van der Waals surface area contributed by atoms with Crippen molar-refractivity contribution < 1.29 is 14.5 Å². The SMILES string of the molecule is CCCN1CCc2c(sc(NC(=O)Cc3ccc([N+](=O)[O-])cc3)c2C(N)=O)C1. The van der Waals surface area contributed by atoms with Gasteiger partial charge < -0.3 is 11.1 Å². The number of carbonyl (C=O) groups excluding carboxylic acids is 2. The van der Waals surface area contributed by atoms with E-state index >= 15 is 0 Å². The van der Waals surface area contributed by atoms with Crippen LogP contribution in [0.3, 0.4) is 0 Å². The van der Waals surface area contributed by atoms with Crippen LogP contribution in [0.25, 0.3) is 0 Å². The number of hydrogen-bond acceptors (Lipinski definition) is 6. The van der Waals surface area contributed by atoms with Crippen molar-refractivity contribution in [2.45, 2.75) is 32.7 Å². The highest BCUT2D eigenvalue weighted by molar-refractivity contribution is 7.17. The standard InChI is InChI=1S/C19H22N4O4S/c1-2-8-22-9-7-14-15(11-22)28-19(17(14)18(20)25)21-16(24)10-12-3-5-13(6-4-12)23(26)27/h3-6H,2,7-11H2,1H3,(H2,20,25)(H,21,24). The molecule has 0 radical (unpaired) electrons. The summed E-state index contributed by atoms with van der Waals surface area (Å²) in [5.41, 5.74) is 7.57. The lowest BCUT2D eigenvalue weighted by atomic mass is 10.0. The van der Waals surface area contributed by atoms with Gasteiger partial charge in [-0.25, -0.2) is 0 Å². The molecule has 148 valence electrons. The van der Waals surface area contributed by atoms with E-state index in [-0.39, 0.29) is 18.0 Å². The second-order valence-electron chi connectivity index (χ2n) is 6.75. The molecule has 2 aromatic rings. The zero-order valence-electron chi connectivity index (χ0n) is 15.6. The van der Waals surface area contributed by atoms with Gasteiger partial charge in [0.15, 0.2) is 0 Å². The Labute approximate surface area is 166 Å². The molecule has 0 saturated heterocycles. The van der Waals surface area contributed by atoms with Crippen LogP contribution in [0.15, 0.2) is 24.3 Å². The largest absolute Gasteiger partial charge is 0.365 e. The molecule has 0 aliphatic carbocycles. The Morgan fingerprint density at radius 3 is 2.64 bits per heavy atom. The first-order valence-corrected chi connectivity index (χ1v) is 9.90. The van der Waals surface area contributed by atoms with Gasteiger partial charge in [-0.1, -0.05) is 19.1 Å². The first-order chi connectivity index (χ1) is 13.4. The minimum absolute atomic E-state index is 0.0252. The van der Waals surface area contributed by atoms with Crippen LogP contribution < -0.4 is 11.1 Å². The van der Waals surface area contributed by atoms with Crippen molar-refractivity contribution in [3.8, 4) is 0 Å². The number of benzene rings is 1. The molecule has 1 aliphatic rings. The Bertz CT molecular complexity index is 907. The normalized spacial score (nSPS) is 13.8. The second kappa shape index (κ2) is 8.49. The summed E-state index contributed by atoms with van der Waals surface area (Å²) < 4.78 is 0. The minimum Gasteiger partial charge on any atom is -0.365 e. The number of amides is 2. The third kappa shape index (κ3) is 4.37. The van der Waals surface area contributed by atoms with E-state index in [0.717, 1.165) is 42.9 Å². The number of non-ortho nitro benzene ring substituents is 1. The number of hydrogen-bond donors (Lipinski definition) is 2. The maximum absolute atomic E-state index is 12.5. The molecule has 3 rings (SSSR count). The fraction of sp³-hybridized carbons (Fsp3) is 0.368. The Kier molecular flexibility index (Phi) is 6.05. The van der Waals surface area contributed by atoms with Crippen LogP contribution in [0.5, 0.6) is 0 Å². The van der Waals surface area contributed by atoms with Crippen LogP contribution in [0, 0.1) is 10.1 Å². The van der Waals surface area contributed by atoms with Crippen LogP contribution in [0.1, 0.15) is 39.7 Å². The number of nitrogens with two attached hydrogens (primary N) is 1. The number of nitrogens with one attached hydrogen (secondary N) is 1. The number of carbonyl (C=O) groups is 2. The van der Waals surface area contributed by atoms with E-state index in [1.54, 1.807) is 12.1 Å². The van der Waals surface area contributed by atoms with Crippen molar-refractivity contribution in [1.82, 2.24) is 4.90 Å². The zero-order chi connectivity index (χ0) is 20.3. The molecule has 9 heteroatoms. The fourth-order valence-corrected chi connectivity index (χ4v) is 4.72. The second-order valence-corrected chi connectivity index (χ2v) is 7.85. The van der Waals surface area contributed by atoms with Gasteiger partial charge in [-0.3, -0.25) is 24.6 Å². The van der Waals surface area contributed by atoms with Crippen molar-refractivity contribution in [2.24, 2.45) is 5.73 Å². The molecule has 2 heterocycles. The lowest BCUT2D eigenvalue weighted by molar-refractivity contribution is -0.384. The molecule has 1 aromatic carbocycles. The molecule has 8 nitrogen and oxygen atoms in total. The number of primary amides is 1. The van der Waals surface area contributed by atoms with Crippen LogP contribution >= 0.6 is 11.3 Å². The summed E-state index contributed by atoms with van der Waals surface area (Å²) in [6.07, 6.45) is 1.85. The number of nitro benzene ring substituents is 1. The maximum atomic E-state index is 12.5. The predicted octanol–water partition coefficient (Wildman–Crippen LogP) is 2.70. The van der Waals surface area contributed by atoms with Gasteiger partial charge in [-0.2, -0.15) is 0 Å². The Morgan fingerprint density at radius 2 is 2.04 bits per heavy atom. The van der Waals surface area contributed by atoms with Gasteiger partial charge in [-0.15, -0.1) is 11.3 Å². The average molecular weight is 402 g/mol. The maximum Gasteiger partial charge on any atom is 0.269 e. The van der Waals surface area contributed by atoms with E-state index in [4.69, 9.17) is 5.73 Å². The molecule has 1 aliphatic heterocycles. The predicted molar refractivity (Wildman–Crippen MR) is 108 cm³/mol. The third-order valence-electron chi connectivity index (χ3n) is 4.69. The minimum atomic E-state index is -0.535. The van der Waals surface area contributed by atoms with Crippen molar-refractivity contribution >= 4 is 33.8 Å². The van der Waals surface area contributed by atoms with Crippen LogP contribution in [0.4, 0.5) is 10.7 Å². The highest BCUT2D eigenvalue weighted by Crippen LogP contribution is 2.37.